The Kier molecular flexibility index (Phi) is 8.22. The monoisotopic (exact) mass is 498 g/mol. The molecule has 0 aromatic heterocycles. The second kappa shape index (κ2) is 10.4. The average molecular weight is 498 g/mol. The summed E-state index contributed by atoms with van der Waals surface area (Å²) in [4.78, 5) is 26.6. The average Bonchev–Trinajstić information content (AvgIpc) is 2.65. The number of hydrogen-bond acceptors (Lipinski definition) is 3. The number of halogens is 2. The van der Waals surface area contributed by atoms with Gasteiger partial charge in [0.15, 0.2) is 6.61 Å². The van der Waals surface area contributed by atoms with Crippen molar-refractivity contribution in [1.29, 1.82) is 0 Å². The standard InChI is InChI=1S/C21H24FIN2O3/c1-14(2)24-21(27)15(3)25(12-16-6-4-5-7-19(16)22)20(26)13-28-18-10-8-17(23)9-11-18/h4-11,14-15H,12-13H2,1-3H3,(H,24,27)/t15-/m0/s1. The SMILES string of the molecule is CC(C)NC(=O)[C@H](C)N(Cc1ccccc1F)C(=O)COc1ccc(I)cc1. The lowest BCUT2D eigenvalue weighted by atomic mass is 10.1. The number of amides is 2. The lowest BCUT2D eigenvalue weighted by Crippen LogP contribution is -2.50. The Labute approximate surface area is 178 Å². The molecule has 0 spiro atoms. The summed E-state index contributed by atoms with van der Waals surface area (Å²) in [6.07, 6.45) is 0. The van der Waals surface area contributed by atoms with Gasteiger partial charge in [0, 0.05) is 21.7 Å². The highest BCUT2D eigenvalue weighted by Crippen LogP contribution is 2.16. The molecule has 150 valence electrons. The normalized spacial score (nSPS) is 11.8. The number of carbonyl (C=O) groups excluding carboxylic acids is 2. The highest BCUT2D eigenvalue weighted by molar-refractivity contribution is 14.1. The zero-order valence-corrected chi connectivity index (χ0v) is 18.3. The molecule has 7 heteroatoms. The van der Waals surface area contributed by atoms with E-state index >= 15 is 0 Å². The van der Waals surface area contributed by atoms with Gasteiger partial charge in [0.25, 0.3) is 5.91 Å². The number of rotatable bonds is 8. The van der Waals surface area contributed by atoms with Gasteiger partial charge in [0.1, 0.15) is 17.6 Å². The van der Waals surface area contributed by atoms with E-state index in [2.05, 4.69) is 27.9 Å². The zero-order valence-electron chi connectivity index (χ0n) is 16.1. The molecule has 0 unspecified atom stereocenters. The quantitative estimate of drug-likeness (QED) is 0.565. The Bertz CT molecular complexity index is 812. The van der Waals surface area contributed by atoms with Crippen LogP contribution in [-0.2, 0) is 16.1 Å². The molecule has 0 saturated heterocycles. The topological polar surface area (TPSA) is 58.6 Å². The summed E-state index contributed by atoms with van der Waals surface area (Å²) in [5.74, 6) is -0.559. The lowest BCUT2D eigenvalue weighted by Gasteiger charge is -2.29. The van der Waals surface area contributed by atoms with Crippen LogP contribution in [-0.4, -0.2) is 35.4 Å². The second-order valence-electron chi connectivity index (χ2n) is 6.69. The zero-order chi connectivity index (χ0) is 20.7. The van der Waals surface area contributed by atoms with E-state index in [-0.39, 0.29) is 25.1 Å². The van der Waals surface area contributed by atoms with Crippen molar-refractivity contribution in [1.82, 2.24) is 10.2 Å². The minimum Gasteiger partial charge on any atom is -0.484 e. The smallest absolute Gasteiger partial charge is 0.261 e. The minimum atomic E-state index is -0.769. The van der Waals surface area contributed by atoms with E-state index in [1.165, 1.54) is 11.0 Å². The number of ether oxygens (including phenoxy) is 1. The lowest BCUT2D eigenvalue weighted by molar-refractivity contribution is -0.142. The van der Waals surface area contributed by atoms with Gasteiger partial charge >= 0.3 is 0 Å². The van der Waals surface area contributed by atoms with Crippen molar-refractivity contribution in [3.8, 4) is 5.75 Å². The largest absolute Gasteiger partial charge is 0.484 e. The van der Waals surface area contributed by atoms with E-state index in [1.807, 2.05) is 26.0 Å². The Morgan fingerprint density at radius 2 is 1.75 bits per heavy atom. The van der Waals surface area contributed by atoms with Crippen molar-refractivity contribution in [2.45, 2.75) is 39.4 Å². The van der Waals surface area contributed by atoms with Crippen LogP contribution < -0.4 is 10.1 Å². The Morgan fingerprint density at radius 3 is 2.36 bits per heavy atom. The van der Waals surface area contributed by atoms with Gasteiger partial charge in [-0.15, -0.1) is 0 Å². The molecule has 28 heavy (non-hydrogen) atoms. The van der Waals surface area contributed by atoms with Crippen LogP contribution in [0.15, 0.2) is 48.5 Å². The fourth-order valence-electron chi connectivity index (χ4n) is 2.56. The molecule has 5 nitrogen and oxygen atoms in total. The van der Waals surface area contributed by atoms with Gasteiger partial charge in [0.05, 0.1) is 0 Å². The van der Waals surface area contributed by atoms with Crippen LogP contribution >= 0.6 is 22.6 Å². The maximum absolute atomic E-state index is 14.1. The van der Waals surface area contributed by atoms with Crippen LogP contribution in [0.4, 0.5) is 4.39 Å². The summed E-state index contributed by atoms with van der Waals surface area (Å²) < 4.78 is 20.7. The summed E-state index contributed by atoms with van der Waals surface area (Å²) in [5.41, 5.74) is 0.342. The van der Waals surface area contributed by atoms with E-state index in [0.29, 0.717) is 11.3 Å². The van der Waals surface area contributed by atoms with Gasteiger partial charge in [-0.05, 0) is 73.7 Å². The fourth-order valence-corrected chi connectivity index (χ4v) is 2.92. The number of nitrogens with one attached hydrogen (secondary N) is 1. The molecule has 0 aliphatic carbocycles. The molecule has 0 fully saturated rings. The van der Waals surface area contributed by atoms with Gasteiger partial charge in [-0.3, -0.25) is 9.59 Å². The van der Waals surface area contributed by atoms with Crippen LogP contribution in [0.25, 0.3) is 0 Å². The molecule has 0 aliphatic heterocycles. The van der Waals surface area contributed by atoms with Crippen LogP contribution in [0.3, 0.4) is 0 Å². The van der Waals surface area contributed by atoms with Gasteiger partial charge in [-0.1, -0.05) is 18.2 Å². The molecule has 2 aromatic rings. The predicted molar refractivity (Wildman–Crippen MR) is 114 cm³/mol. The van der Waals surface area contributed by atoms with E-state index in [4.69, 9.17) is 4.74 Å². The molecule has 0 saturated carbocycles. The molecule has 1 N–H and O–H groups in total. The van der Waals surface area contributed by atoms with Crippen LogP contribution in [0.5, 0.6) is 5.75 Å². The molecule has 0 aliphatic rings. The summed E-state index contributed by atoms with van der Waals surface area (Å²) in [7, 11) is 0. The highest BCUT2D eigenvalue weighted by Gasteiger charge is 2.27. The van der Waals surface area contributed by atoms with Gasteiger partial charge in [0.2, 0.25) is 5.91 Å². The van der Waals surface area contributed by atoms with Crippen LogP contribution in [0, 0.1) is 9.39 Å². The molecule has 2 rings (SSSR count). The first-order valence-electron chi connectivity index (χ1n) is 8.99. The van der Waals surface area contributed by atoms with Crippen molar-refractivity contribution in [3.05, 3.63) is 63.5 Å². The number of carbonyl (C=O) groups is 2. The molecular weight excluding hydrogens is 474 g/mol. The van der Waals surface area contributed by atoms with E-state index < -0.39 is 17.8 Å². The first-order valence-corrected chi connectivity index (χ1v) is 10.1. The van der Waals surface area contributed by atoms with Gasteiger partial charge < -0.3 is 15.0 Å². The van der Waals surface area contributed by atoms with Crippen molar-refractivity contribution < 1.29 is 18.7 Å². The summed E-state index contributed by atoms with van der Waals surface area (Å²) in [6, 6.07) is 12.7. The third-order valence-electron chi connectivity index (χ3n) is 4.07. The maximum Gasteiger partial charge on any atom is 0.261 e. The minimum absolute atomic E-state index is 0.0196. The number of nitrogens with zero attached hydrogens (tertiary/aromatic N) is 1. The van der Waals surface area contributed by atoms with E-state index in [1.54, 1.807) is 37.3 Å². The molecule has 2 amide bonds. The molecular formula is C21H24FIN2O3. The van der Waals surface area contributed by atoms with E-state index in [9.17, 15) is 14.0 Å². The Hall–Kier alpha value is -2.16. The Morgan fingerprint density at radius 1 is 1.11 bits per heavy atom. The first kappa shape index (κ1) is 22.1. The second-order valence-corrected chi connectivity index (χ2v) is 7.94. The third kappa shape index (κ3) is 6.47. The van der Waals surface area contributed by atoms with Crippen LogP contribution in [0.2, 0.25) is 0 Å². The summed E-state index contributed by atoms with van der Waals surface area (Å²) in [6.45, 7) is 5.05. The van der Waals surface area contributed by atoms with Crippen LogP contribution in [0.1, 0.15) is 26.3 Å². The number of benzene rings is 2. The Balaban J connectivity index is 2.15. The first-order chi connectivity index (χ1) is 13.3. The molecule has 0 bridgehead atoms. The summed E-state index contributed by atoms with van der Waals surface area (Å²) in [5, 5.41) is 2.79. The van der Waals surface area contributed by atoms with Crippen molar-refractivity contribution in [2.24, 2.45) is 0 Å². The summed E-state index contributed by atoms with van der Waals surface area (Å²) >= 11 is 2.18. The highest BCUT2D eigenvalue weighted by atomic mass is 127. The van der Waals surface area contributed by atoms with E-state index in [0.717, 1.165) is 3.57 Å². The van der Waals surface area contributed by atoms with Crippen molar-refractivity contribution >= 4 is 34.4 Å². The van der Waals surface area contributed by atoms with Gasteiger partial charge in [-0.25, -0.2) is 4.39 Å². The third-order valence-corrected chi connectivity index (χ3v) is 4.79. The number of hydrogen-bond donors (Lipinski definition) is 1. The molecule has 2 aromatic carbocycles. The fraction of sp³-hybridized carbons (Fsp3) is 0.333. The van der Waals surface area contributed by atoms with Crippen molar-refractivity contribution in [2.75, 3.05) is 6.61 Å². The van der Waals surface area contributed by atoms with Crippen molar-refractivity contribution in [3.63, 3.8) is 0 Å². The molecule has 0 radical (unpaired) electrons. The maximum atomic E-state index is 14.1. The molecule has 1 atom stereocenters. The molecule has 0 heterocycles. The van der Waals surface area contributed by atoms with Gasteiger partial charge in [-0.2, -0.15) is 0 Å². The predicted octanol–water partition coefficient (Wildman–Crippen LogP) is 3.75.